The van der Waals surface area contributed by atoms with Gasteiger partial charge in [-0.3, -0.25) is 48.1 Å². The second-order valence-corrected chi connectivity index (χ2v) is 22.6. The number of para-hydroxylation sites is 1. The van der Waals surface area contributed by atoms with Crippen LogP contribution in [0.1, 0.15) is 58.4 Å². The molecule has 4 saturated heterocycles. The van der Waals surface area contributed by atoms with E-state index in [9.17, 15) is 53.1 Å². The molecule has 31 heteroatoms. The fourth-order valence-electron chi connectivity index (χ4n) is 9.44. The van der Waals surface area contributed by atoms with E-state index in [2.05, 4.69) is 41.9 Å². The minimum absolute atomic E-state index is 0. The number of esters is 3. The first-order chi connectivity index (χ1) is 39.1. The number of nitrogens with zero attached hydrogens (tertiary/aromatic N) is 5. The van der Waals surface area contributed by atoms with Crippen molar-refractivity contribution >= 4 is 99.7 Å². The number of aliphatic carboxylic acids is 1. The summed E-state index contributed by atoms with van der Waals surface area (Å²) in [7, 11) is 0. The molecule has 0 aliphatic carbocycles. The number of nitrogens with two attached hydrogens (primary N) is 2. The number of fused-ring (bicyclic) bond motifs is 4. The summed E-state index contributed by atoms with van der Waals surface area (Å²) in [5.41, 5.74) is 12.2. The molecule has 12 N–H and O–H groups in total. The smallest absolute Gasteiger partial charge is 0.326 e. The van der Waals surface area contributed by atoms with Crippen molar-refractivity contribution in [3.8, 4) is 0 Å². The summed E-state index contributed by atoms with van der Waals surface area (Å²) < 4.78 is 16.5. The molecule has 28 nitrogen and oxygen atoms in total. The predicted molar refractivity (Wildman–Crippen MR) is 301 cm³/mol. The number of guanidine groups is 1. The molecule has 0 saturated carbocycles. The average molecular weight is 1340 g/mol. The van der Waals surface area contributed by atoms with Gasteiger partial charge < -0.3 is 87.3 Å². The largest absolute Gasteiger partial charge is 0.617 e. The summed E-state index contributed by atoms with van der Waals surface area (Å²) in [5, 5.41) is 27.0. The second-order valence-electron chi connectivity index (χ2n) is 20.6. The molecular weight excluding hydrogens is 1270 g/mol. The molecular formula is C52H75GdN14O14S2-3. The number of carboxylic acids is 1. The minimum atomic E-state index is -1.33. The zero-order valence-corrected chi connectivity index (χ0v) is 50.9. The normalized spacial score (nSPS) is 18.8. The third-order valence-corrected chi connectivity index (χ3v) is 15.0. The Bertz CT molecular complexity index is 2650. The first kappa shape index (κ1) is 68.4. The molecule has 460 valence electrons. The summed E-state index contributed by atoms with van der Waals surface area (Å²) in [6.45, 7) is 4.94. The number of H-pyrrole nitrogens is 1. The van der Waals surface area contributed by atoms with Crippen LogP contribution in [-0.2, 0) is 68.6 Å². The molecule has 4 aliphatic rings. The monoisotopic (exact) mass is 1340 g/mol. The van der Waals surface area contributed by atoms with Gasteiger partial charge in [0.25, 0.3) is 17.9 Å². The van der Waals surface area contributed by atoms with Crippen molar-refractivity contribution < 1.29 is 107 Å². The van der Waals surface area contributed by atoms with Crippen LogP contribution in [0.3, 0.4) is 0 Å². The summed E-state index contributed by atoms with van der Waals surface area (Å²) in [6.07, 6.45) is 6.60. The van der Waals surface area contributed by atoms with E-state index >= 15 is 0 Å². The van der Waals surface area contributed by atoms with Crippen molar-refractivity contribution in [1.29, 1.82) is 0 Å². The van der Waals surface area contributed by atoms with Crippen LogP contribution >= 0.6 is 23.5 Å². The summed E-state index contributed by atoms with van der Waals surface area (Å²) >= 11 is 2.83. The molecule has 2 aromatic rings. The molecule has 0 spiro atoms. The summed E-state index contributed by atoms with van der Waals surface area (Å²) in [4.78, 5) is 148. The molecule has 5 heterocycles. The van der Waals surface area contributed by atoms with Crippen LogP contribution in [0.25, 0.3) is 10.9 Å². The number of thioether (sulfide) groups is 2. The van der Waals surface area contributed by atoms with E-state index in [4.69, 9.17) is 25.7 Å². The van der Waals surface area contributed by atoms with Crippen LogP contribution in [0.4, 0.5) is 0 Å². The number of hydrogen-bond donors (Lipinski definition) is 10. The maximum absolute atomic E-state index is 14.5. The number of nitrogens with one attached hydrogen (secondary N) is 7. The number of benzene rings is 1. The summed E-state index contributed by atoms with van der Waals surface area (Å²) in [6, 6.07) is -0.146. The van der Waals surface area contributed by atoms with Gasteiger partial charge in [-0.2, -0.15) is 23.5 Å². The Morgan fingerprint density at radius 2 is 1.19 bits per heavy atom. The van der Waals surface area contributed by atoms with E-state index in [1.807, 2.05) is 44.4 Å². The van der Waals surface area contributed by atoms with Crippen molar-refractivity contribution in [3.05, 3.63) is 54.7 Å². The Morgan fingerprint density at radius 3 is 1.80 bits per heavy atom. The van der Waals surface area contributed by atoms with Gasteiger partial charge in [-0.05, 0) is 87.1 Å². The van der Waals surface area contributed by atoms with Crippen LogP contribution in [0.5, 0.6) is 0 Å². The Hall–Kier alpha value is -5.41. The number of hydrogen-bond acceptors (Lipinski definition) is 20. The quantitative estimate of drug-likeness (QED) is 0.0107. The van der Waals surface area contributed by atoms with E-state index in [0.717, 1.165) is 10.9 Å². The molecule has 0 unspecified atom stereocenters. The number of carbonyl (C=O) groups excluding carboxylic acids is 9. The van der Waals surface area contributed by atoms with Crippen molar-refractivity contribution in [2.24, 2.45) is 22.4 Å². The van der Waals surface area contributed by atoms with Crippen LogP contribution in [0.2, 0.25) is 0 Å². The van der Waals surface area contributed by atoms with Crippen molar-refractivity contribution in [3.63, 3.8) is 0 Å². The fraction of sp³-hybridized carbons (Fsp3) is 0.577. The van der Waals surface area contributed by atoms with Gasteiger partial charge in [0.15, 0.2) is 5.96 Å². The van der Waals surface area contributed by atoms with Crippen LogP contribution < -0.4 is 43.4 Å². The molecule has 4 aliphatic heterocycles. The van der Waals surface area contributed by atoms with E-state index in [1.165, 1.54) is 30.4 Å². The van der Waals surface area contributed by atoms with Gasteiger partial charge in [0.2, 0.25) is 35.4 Å². The fourth-order valence-corrected chi connectivity index (χ4v) is 10.4. The Kier molecular flexibility index (Phi) is 27.5. The van der Waals surface area contributed by atoms with Gasteiger partial charge in [-0.25, -0.2) is 4.79 Å². The molecule has 0 bridgehead atoms. The Balaban J connectivity index is 0.0000126. The molecule has 6 rings (SSSR count). The topological polar surface area (TPSA) is 384 Å². The number of carboxylic acid groups (broad SMARTS) is 1. The standard InChI is InChI=1S/C52H75N14O14S2.Gd/c1-29(2)19-37(49(74)62-38(20-31-21-56-33-10-7-6-9-32(31)33)50(75)59-35(13-18-82-5)48(73)60-36(51(76)77)11-8-14-55-52(53)54)61-46(71)30(3)57-47(72)34(12-17-81-4)58-39(67)22-63-15-16-64-26-43(68)79-41(64)24-66-28-45(70)80-42(66)25-65-27-44(69)78-40(65)23-63;/h6-7,9-10,21,29-30,34-38,56H,8,11-20,22-28H2,1-5H3,(H,57,72)(H,58,67)(H,59,75)(H,60,73)(H,61,71)(H,62,74)(H,76,77)(H4,53,54,55);/q-3;/t30-,34-,35-,36-,37-,38-;/m0./s1. The summed E-state index contributed by atoms with van der Waals surface area (Å²) in [5.74, 6) is -6.63. The second kappa shape index (κ2) is 33.3. The molecule has 6 atom stereocenters. The number of carbonyl (C=O) groups is 10. The average Bonchev–Trinajstić information content (AvgIpc) is 4.37. The molecule has 0 radical (unpaired) electrons. The maximum Gasteiger partial charge on any atom is 0.326 e. The third-order valence-electron chi connectivity index (χ3n) is 13.7. The number of rotatable bonds is 28. The number of aromatic amines is 1. The molecule has 1 aromatic heterocycles. The van der Waals surface area contributed by atoms with E-state index < -0.39 is 95.6 Å². The van der Waals surface area contributed by atoms with Gasteiger partial charge in [0.1, 0.15) is 36.3 Å². The van der Waals surface area contributed by atoms with Gasteiger partial charge >= 0.3 is 5.97 Å². The zero-order valence-electron chi connectivity index (χ0n) is 47.0. The molecule has 1 aromatic carbocycles. The Morgan fingerprint density at radius 1 is 0.675 bits per heavy atom. The van der Waals surface area contributed by atoms with E-state index in [1.54, 1.807) is 32.1 Å². The van der Waals surface area contributed by atoms with E-state index in [0.29, 0.717) is 23.3 Å². The molecule has 4 fully saturated rings. The number of amides is 6. The maximum atomic E-state index is 14.5. The minimum Gasteiger partial charge on any atom is -0.617 e. The van der Waals surface area contributed by atoms with E-state index in [-0.39, 0.29) is 168 Å². The van der Waals surface area contributed by atoms with Crippen molar-refractivity contribution in [2.45, 2.75) is 95.5 Å². The third kappa shape index (κ3) is 21.0. The number of ether oxygens (including phenoxy) is 3. The van der Waals surface area contributed by atoms with Crippen molar-refractivity contribution in [1.82, 2.24) is 56.5 Å². The SMILES string of the molecule is CSCC[C@H](NC(=O)CN1CCN2CC(=O)O[C-]2CN2CC(=O)O[C-]2CN2CC(=O)O[C-]2C1)C(=O)N[C@@H](C)C(=O)N[C@@H](CC(C)C)C(=O)N[C@@H](Cc1c[nH]c2ccccc12)C(=O)N[C@@H](CCSC)C(=O)N[C@@H](CCCN=C(N)N)C(=O)O.[Gd]. The van der Waals surface area contributed by atoms with Gasteiger partial charge in [-0.15, -0.1) is 13.1 Å². The van der Waals surface area contributed by atoms with Crippen LogP contribution in [-0.4, -0.2) is 221 Å². The zero-order chi connectivity index (χ0) is 59.6. The van der Waals surface area contributed by atoms with Crippen molar-refractivity contribution in [2.75, 3.05) is 89.5 Å². The molecule has 83 heavy (non-hydrogen) atoms. The van der Waals surface area contributed by atoms with Gasteiger partial charge in [0.05, 0.1) is 26.2 Å². The first-order valence-corrected chi connectivity index (χ1v) is 29.7. The number of aliphatic imine (C=N–C) groups is 1. The predicted octanol–water partition coefficient (Wildman–Crippen LogP) is -2.31. The molecule has 6 amide bonds. The van der Waals surface area contributed by atoms with Gasteiger partial charge in [0, 0.05) is 76.6 Å². The Labute approximate surface area is 521 Å². The van der Waals surface area contributed by atoms with Crippen LogP contribution in [0.15, 0.2) is 35.5 Å². The first-order valence-electron chi connectivity index (χ1n) is 26.9. The number of aromatic nitrogens is 1. The van der Waals surface area contributed by atoms with Gasteiger partial charge in [-0.1, -0.05) is 57.3 Å². The van der Waals surface area contributed by atoms with Crippen LogP contribution in [0, 0.1) is 64.5 Å².